The summed E-state index contributed by atoms with van der Waals surface area (Å²) >= 11 is 11.7. The highest BCUT2D eigenvalue weighted by atomic mass is 35.5. The molecule has 7 heteroatoms. The number of nitrogens with zero attached hydrogens (tertiary/aromatic N) is 1. The van der Waals surface area contributed by atoms with Crippen LogP contribution in [0.5, 0.6) is 0 Å². The number of benzene rings is 1. The average Bonchev–Trinajstić information content (AvgIpc) is 2.38. The van der Waals surface area contributed by atoms with Crippen LogP contribution in [0, 0.1) is 6.92 Å². The molecule has 0 radical (unpaired) electrons. The summed E-state index contributed by atoms with van der Waals surface area (Å²) in [4.78, 5) is 18.7. The second kappa shape index (κ2) is 6.26. The number of aliphatic hydroxyl groups excluding tert-OH is 1. The van der Waals surface area contributed by atoms with Crippen molar-refractivity contribution in [3.8, 4) is 0 Å². The number of halogens is 2. The largest absolute Gasteiger partial charge is 0.396 e. The molecule has 0 saturated heterocycles. The Hall–Kier alpha value is -1.56. The standard InChI is InChI=1S/C13H13Cl2N3O2/c1-7-9(4-5-19)12(20)18-13(16-7)17-8-2-3-10(14)11(15)6-8/h2-3,6,19H,4-5H2,1H3,(H2,16,17,18,20). The fraction of sp³-hybridized carbons (Fsp3) is 0.231. The molecule has 0 bridgehead atoms. The van der Waals surface area contributed by atoms with Gasteiger partial charge in [0, 0.05) is 24.3 Å². The van der Waals surface area contributed by atoms with Crippen molar-refractivity contribution >= 4 is 34.8 Å². The molecule has 2 rings (SSSR count). The third kappa shape index (κ3) is 3.30. The third-order valence-corrected chi connectivity index (χ3v) is 3.51. The van der Waals surface area contributed by atoms with Crippen molar-refractivity contribution in [3.63, 3.8) is 0 Å². The molecule has 5 nitrogen and oxygen atoms in total. The molecule has 0 amide bonds. The fourth-order valence-electron chi connectivity index (χ4n) is 1.79. The third-order valence-electron chi connectivity index (χ3n) is 2.77. The van der Waals surface area contributed by atoms with E-state index in [1.807, 2.05) is 0 Å². The van der Waals surface area contributed by atoms with Crippen LogP contribution in [0.4, 0.5) is 11.6 Å². The summed E-state index contributed by atoms with van der Waals surface area (Å²) in [7, 11) is 0. The Kier molecular flexibility index (Phi) is 4.65. The van der Waals surface area contributed by atoms with Gasteiger partial charge in [-0.05, 0) is 25.1 Å². The molecule has 0 saturated carbocycles. The molecule has 0 aliphatic rings. The number of hydrogen-bond donors (Lipinski definition) is 3. The van der Waals surface area contributed by atoms with Crippen molar-refractivity contribution in [2.24, 2.45) is 0 Å². The van der Waals surface area contributed by atoms with Crippen LogP contribution in [-0.4, -0.2) is 21.7 Å². The van der Waals surface area contributed by atoms with Gasteiger partial charge in [-0.1, -0.05) is 23.2 Å². The molecule has 0 aliphatic heterocycles. The lowest BCUT2D eigenvalue weighted by Crippen LogP contribution is -2.19. The van der Waals surface area contributed by atoms with Gasteiger partial charge in [-0.2, -0.15) is 0 Å². The maximum absolute atomic E-state index is 11.9. The minimum Gasteiger partial charge on any atom is -0.396 e. The fourth-order valence-corrected chi connectivity index (χ4v) is 2.08. The Balaban J connectivity index is 2.30. The van der Waals surface area contributed by atoms with E-state index in [0.717, 1.165) is 0 Å². The highest BCUT2D eigenvalue weighted by molar-refractivity contribution is 6.42. The van der Waals surface area contributed by atoms with Gasteiger partial charge < -0.3 is 10.4 Å². The van der Waals surface area contributed by atoms with Gasteiger partial charge in [0.15, 0.2) is 0 Å². The van der Waals surface area contributed by atoms with E-state index in [9.17, 15) is 4.79 Å². The molecule has 106 valence electrons. The van der Waals surface area contributed by atoms with Crippen LogP contribution in [0.3, 0.4) is 0 Å². The average molecular weight is 314 g/mol. The topological polar surface area (TPSA) is 78.0 Å². The van der Waals surface area contributed by atoms with Crippen molar-refractivity contribution in [2.75, 3.05) is 11.9 Å². The number of rotatable bonds is 4. The number of hydrogen-bond acceptors (Lipinski definition) is 4. The highest BCUT2D eigenvalue weighted by Crippen LogP contribution is 2.26. The molecule has 20 heavy (non-hydrogen) atoms. The van der Waals surface area contributed by atoms with Crippen LogP contribution in [-0.2, 0) is 6.42 Å². The number of anilines is 2. The molecule has 0 fully saturated rings. The van der Waals surface area contributed by atoms with Crippen molar-refractivity contribution < 1.29 is 5.11 Å². The molecular weight excluding hydrogens is 301 g/mol. The van der Waals surface area contributed by atoms with Crippen LogP contribution in [0.25, 0.3) is 0 Å². The Morgan fingerprint density at radius 3 is 2.70 bits per heavy atom. The zero-order chi connectivity index (χ0) is 14.7. The molecule has 0 unspecified atom stereocenters. The highest BCUT2D eigenvalue weighted by Gasteiger charge is 2.08. The molecule has 0 aliphatic carbocycles. The number of aliphatic hydroxyl groups is 1. The minimum absolute atomic E-state index is 0.0921. The zero-order valence-electron chi connectivity index (χ0n) is 10.7. The molecule has 0 spiro atoms. The Morgan fingerprint density at radius 2 is 2.10 bits per heavy atom. The summed E-state index contributed by atoms with van der Waals surface area (Å²) in [6.45, 7) is 1.63. The zero-order valence-corrected chi connectivity index (χ0v) is 12.2. The van der Waals surface area contributed by atoms with Gasteiger partial charge >= 0.3 is 0 Å². The molecule has 2 aromatic rings. The summed E-state index contributed by atoms with van der Waals surface area (Å²) in [6.07, 6.45) is 0.279. The van der Waals surface area contributed by atoms with Crippen LogP contribution in [0.2, 0.25) is 10.0 Å². The first-order valence-corrected chi connectivity index (χ1v) is 6.69. The number of aryl methyl sites for hydroxylation is 1. The molecule has 1 aromatic carbocycles. The molecular formula is C13H13Cl2N3O2. The quantitative estimate of drug-likeness (QED) is 0.811. The molecule has 1 heterocycles. The van der Waals surface area contributed by atoms with E-state index in [2.05, 4.69) is 15.3 Å². The molecule has 1 aromatic heterocycles. The monoisotopic (exact) mass is 313 g/mol. The molecule has 3 N–H and O–H groups in total. The smallest absolute Gasteiger partial charge is 0.255 e. The van der Waals surface area contributed by atoms with E-state index in [0.29, 0.717) is 32.9 Å². The van der Waals surface area contributed by atoms with E-state index >= 15 is 0 Å². The van der Waals surface area contributed by atoms with Crippen LogP contribution in [0.15, 0.2) is 23.0 Å². The van der Waals surface area contributed by atoms with Gasteiger partial charge in [-0.15, -0.1) is 0 Å². The van der Waals surface area contributed by atoms with Crippen LogP contribution < -0.4 is 10.9 Å². The molecule has 0 atom stereocenters. The maximum Gasteiger partial charge on any atom is 0.255 e. The van der Waals surface area contributed by atoms with Gasteiger partial charge in [-0.25, -0.2) is 4.98 Å². The van der Waals surface area contributed by atoms with Crippen molar-refractivity contribution in [3.05, 3.63) is 49.9 Å². The van der Waals surface area contributed by atoms with E-state index in [4.69, 9.17) is 28.3 Å². The normalized spacial score (nSPS) is 10.6. The summed E-state index contributed by atoms with van der Waals surface area (Å²) in [5.74, 6) is 0.313. The first-order valence-electron chi connectivity index (χ1n) is 5.94. The second-order valence-corrected chi connectivity index (χ2v) is 5.02. The first kappa shape index (κ1) is 14.8. The number of H-pyrrole nitrogens is 1. The lowest BCUT2D eigenvalue weighted by Gasteiger charge is -2.09. The lowest BCUT2D eigenvalue weighted by atomic mass is 10.2. The Morgan fingerprint density at radius 1 is 1.35 bits per heavy atom. The number of aromatic amines is 1. The first-order chi connectivity index (χ1) is 9.51. The number of nitrogens with one attached hydrogen (secondary N) is 2. The van der Waals surface area contributed by atoms with Crippen LogP contribution >= 0.6 is 23.2 Å². The van der Waals surface area contributed by atoms with Crippen LogP contribution in [0.1, 0.15) is 11.3 Å². The summed E-state index contributed by atoms with van der Waals surface area (Å²) in [6, 6.07) is 5.02. The summed E-state index contributed by atoms with van der Waals surface area (Å²) in [5.41, 5.74) is 1.45. The van der Waals surface area contributed by atoms with E-state index in [1.54, 1.807) is 25.1 Å². The lowest BCUT2D eigenvalue weighted by molar-refractivity contribution is 0.298. The summed E-state index contributed by atoms with van der Waals surface area (Å²) in [5, 5.41) is 12.7. The second-order valence-electron chi connectivity index (χ2n) is 4.21. The predicted octanol–water partition coefficient (Wildman–Crippen LogP) is 2.66. The summed E-state index contributed by atoms with van der Waals surface area (Å²) < 4.78 is 0. The minimum atomic E-state index is -0.269. The van der Waals surface area contributed by atoms with Crippen molar-refractivity contribution in [2.45, 2.75) is 13.3 Å². The van der Waals surface area contributed by atoms with E-state index < -0.39 is 0 Å². The predicted molar refractivity (Wildman–Crippen MR) is 80.1 cm³/mol. The Bertz CT molecular complexity index is 686. The van der Waals surface area contributed by atoms with Gasteiger partial charge in [0.25, 0.3) is 5.56 Å². The van der Waals surface area contributed by atoms with E-state index in [-0.39, 0.29) is 18.6 Å². The maximum atomic E-state index is 11.9. The SMILES string of the molecule is Cc1nc(Nc2ccc(Cl)c(Cl)c2)[nH]c(=O)c1CCO. The van der Waals surface area contributed by atoms with Gasteiger partial charge in [0.05, 0.1) is 15.7 Å². The van der Waals surface area contributed by atoms with Gasteiger partial charge in [-0.3, -0.25) is 9.78 Å². The van der Waals surface area contributed by atoms with Crippen molar-refractivity contribution in [1.82, 2.24) is 9.97 Å². The van der Waals surface area contributed by atoms with Gasteiger partial charge in [0.1, 0.15) is 0 Å². The van der Waals surface area contributed by atoms with Gasteiger partial charge in [0.2, 0.25) is 5.95 Å². The Labute approximate surface area is 125 Å². The number of aromatic nitrogens is 2. The van der Waals surface area contributed by atoms with Crippen molar-refractivity contribution in [1.29, 1.82) is 0 Å². The van der Waals surface area contributed by atoms with E-state index in [1.165, 1.54) is 0 Å².